The van der Waals surface area contributed by atoms with Gasteiger partial charge in [0.25, 0.3) is 0 Å². The van der Waals surface area contributed by atoms with Crippen LogP contribution >= 0.6 is 11.6 Å². The average Bonchev–Trinajstić information content (AvgIpc) is 2.34. The lowest BCUT2D eigenvalue weighted by atomic mass is 10.1. The lowest BCUT2D eigenvalue weighted by Crippen LogP contribution is -2.18. The number of aryl methyl sites for hydroxylation is 1. The van der Waals surface area contributed by atoms with Crippen molar-refractivity contribution in [3.8, 4) is 11.5 Å². The van der Waals surface area contributed by atoms with E-state index < -0.39 is 0 Å². The highest BCUT2D eigenvalue weighted by Crippen LogP contribution is 2.29. The Hall–Kier alpha value is -1.58. The number of hydrogen-bond donors (Lipinski definition) is 1. The first-order valence-corrected chi connectivity index (χ1v) is 6.57. The summed E-state index contributed by atoms with van der Waals surface area (Å²) in [5, 5.41) is 0.686. The fraction of sp³-hybridized carbons (Fsp3) is 0.267. The number of nitrogens with zero attached hydrogens (tertiary/aromatic N) is 1. The molecule has 3 nitrogen and oxygen atoms in total. The van der Waals surface area contributed by atoms with Crippen LogP contribution in [0.2, 0.25) is 5.02 Å². The van der Waals surface area contributed by atoms with Crippen LogP contribution in [-0.2, 0) is 6.42 Å². The maximum atomic E-state index is 6.03. The fourth-order valence-electron chi connectivity index (χ4n) is 1.85. The van der Waals surface area contributed by atoms with Crippen molar-refractivity contribution >= 4 is 11.6 Å². The molecule has 4 heteroatoms. The van der Waals surface area contributed by atoms with E-state index in [1.54, 1.807) is 6.20 Å². The first-order valence-electron chi connectivity index (χ1n) is 6.19. The van der Waals surface area contributed by atoms with Crippen molar-refractivity contribution < 1.29 is 4.74 Å². The van der Waals surface area contributed by atoms with Crippen LogP contribution in [0, 0.1) is 6.92 Å². The van der Waals surface area contributed by atoms with Gasteiger partial charge in [-0.15, -0.1) is 0 Å². The predicted molar refractivity (Wildman–Crippen MR) is 77.9 cm³/mol. The second kappa shape index (κ2) is 6.04. The zero-order valence-electron chi connectivity index (χ0n) is 11.1. The minimum atomic E-state index is 0.0517. The van der Waals surface area contributed by atoms with Crippen LogP contribution < -0.4 is 10.5 Å². The van der Waals surface area contributed by atoms with Crippen molar-refractivity contribution in [3.63, 3.8) is 0 Å². The van der Waals surface area contributed by atoms with Crippen LogP contribution in [0.15, 0.2) is 36.5 Å². The molecule has 0 saturated carbocycles. The molecule has 1 atom stereocenters. The average molecular weight is 277 g/mol. The van der Waals surface area contributed by atoms with Crippen LogP contribution in [0.25, 0.3) is 0 Å². The maximum Gasteiger partial charge on any atom is 0.148 e. The minimum absolute atomic E-state index is 0.0517. The second-order valence-corrected chi connectivity index (χ2v) is 5.06. The van der Waals surface area contributed by atoms with Crippen molar-refractivity contribution in [1.29, 1.82) is 0 Å². The molecule has 0 amide bonds. The Balaban J connectivity index is 2.32. The van der Waals surface area contributed by atoms with Crippen LogP contribution in [0.3, 0.4) is 0 Å². The highest BCUT2D eigenvalue weighted by Gasteiger charge is 2.09. The Morgan fingerprint density at radius 2 is 2.11 bits per heavy atom. The van der Waals surface area contributed by atoms with E-state index in [1.165, 1.54) is 0 Å². The summed E-state index contributed by atoms with van der Waals surface area (Å²) in [5.74, 6) is 1.52. The standard InChI is InChI=1S/C15H17ClN2O/c1-10(17)8-12-9-13(16)5-6-15(12)19-14-4-3-7-18-11(14)2/h3-7,9-10H,8,17H2,1-2H3. The molecule has 0 bridgehead atoms. The molecule has 2 aromatic rings. The Labute approximate surface area is 118 Å². The molecule has 0 radical (unpaired) electrons. The van der Waals surface area contributed by atoms with E-state index in [2.05, 4.69) is 4.98 Å². The van der Waals surface area contributed by atoms with Gasteiger partial charge in [0.15, 0.2) is 0 Å². The van der Waals surface area contributed by atoms with Gasteiger partial charge in [0.2, 0.25) is 0 Å². The molecule has 0 spiro atoms. The van der Waals surface area contributed by atoms with Gasteiger partial charge in [0, 0.05) is 17.3 Å². The summed E-state index contributed by atoms with van der Waals surface area (Å²) in [4.78, 5) is 4.21. The molecule has 2 N–H and O–H groups in total. The van der Waals surface area contributed by atoms with Crippen molar-refractivity contribution in [2.45, 2.75) is 26.3 Å². The first-order chi connectivity index (χ1) is 9.06. The van der Waals surface area contributed by atoms with Gasteiger partial charge >= 0.3 is 0 Å². The molecule has 0 saturated heterocycles. The van der Waals surface area contributed by atoms with E-state index in [1.807, 2.05) is 44.2 Å². The summed E-state index contributed by atoms with van der Waals surface area (Å²) >= 11 is 6.03. The topological polar surface area (TPSA) is 48.1 Å². The van der Waals surface area contributed by atoms with E-state index in [0.29, 0.717) is 5.02 Å². The highest BCUT2D eigenvalue weighted by molar-refractivity contribution is 6.30. The van der Waals surface area contributed by atoms with E-state index in [-0.39, 0.29) is 6.04 Å². The van der Waals surface area contributed by atoms with Gasteiger partial charge in [-0.25, -0.2) is 0 Å². The Bertz CT molecular complexity index is 570. The SMILES string of the molecule is Cc1ncccc1Oc1ccc(Cl)cc1CC(C)N. The lowest BCUT2D eigenvalue weighted by molar-refractivity contribution is 0.467. The summed E-state index contributed by atoms with van der Waals surface area (Å²) in [7, 11) is 0. The van der Waals surface area contributed by atoms with E-state index in [4.69, 9.17) is 22.1 Å². The smallest absolute Gasteiger partial charge is 0.148 e. The number of rotatable bonds is 4. The van der Waals surface area contributed by atoms with Crippen molar-refractivity contribution in [1.82, 2.24) is 4.98 Å². The second-order valence-electron chi connectivity index (χ2n) is 4.62. The lowest BCUT2D eigenvalue weighted by Gasteiger charge is -2.14. The Morgan fingerprint density at radius 1 is 1.32 bits per heavy atom. The number of hydrogen-bond acceptors (Lipinski definition) is 3. The van der Waals surface area contributed by atoms with Gasteiger partial charge in [0.05, 0.1) is 5.69 Å². The molecule has 1 unspecified atom stereocenters. The molecule has 1 aromatic heterocycles. The fourth-order valence-corrected chi connectivity index (χ4v) is 2.04. The Morgan fingerprint density at radius 3 is 2.79 bits per heavy atom. The van der Waals surface area contributed by atoms with Crippen LogP contribution in [-0.4, -0.2) is 11.0 Å². The number of benzene rings is 1. The third-order valence-electron chi connectivity index (χ3n) is 2.74. The molecule has 0 aliphatic heterocycles. The molecule has 2 rings (SSSR count). The summed E-state index contributed by atoms with van der Waals surface area (Å²) in [5.41, 5.74) is 7.71. The van der Waals surface area contributed by atoms with Crippen molar-refractivity contribution in [3.05, 3.63) is 52.8 Å². The van der Waals surface area contributed by atoms with Gasteiger partial charge in [0.1, 0.15) is 11.5 Å². The zero-order chi connectivity index (χ0) is 13.8. The van der Waals surface area contributed by atoms with E-state index in [0.717, 1.165) is 29.2 Å². The third-order valence-corrected chi connectivity index (χ3v) is 2.98. The molecule has 100 valence electrons. The van der Waals surface area contributed by atoms with Gasteiger partial charge in [-0.1, -0.05) is 11.6 Å². The minimum Gasteiger partial charge on any atom is -0.455 e. The molecule has 1 aromatic carbocycles. The number of halogens is 1. The number of aromatic nitrogens is 1. The predicted octanol–water partition coefficient (Wildman–Crippen LogP) is 3.73. The molecule has 0 aliphatic rings. The normalized spacial score (nSPS) is 12.2. The van der Waals surface area contributed by atoms with Crippen LogP contribution in [0.4, 0.5) is 0 Å². The van der Waals surface area contributed by atoms with Crippen LogP contribution in [0.1, 0.15) is 18.2 Å². The van der Waals surface area contributed by atoms with Gasteiger partial charge in [-0.3, -0.25) is 4.98 Å². The maximum absolute atomic E-state index is 6.03. The van der Waals surface area contributed by atoms with Gasteiger partial charge in [-0.2, -0.15) is 0 Å². The summed E-state index contributed by atoms with van der Waals surface area (Å²) < 4.78 is 5.92. The summed E-state index contributed by atoms with van der Waals surface area (Å²) in [6.07, 6.45) is 2.46. The number of pyridine rings is 1. The largest absolute Gasteiger partial charge is 0.455 e. The summed E-state index contributed by atoms with van der Waals surface area (Å²) in [6, 6.07) is 9.37. The van der Waals surface area contributed by atoms with E-state index in [9.17, 15) is 0 Å². The van der Waals surface area contributed by atoms with Gasteiger partial charge in [-0.05, 0) is 56.2 Å². The molecule has 0 aliphatic carbocycles. The molecule has 19 heavy (non-hydrogen) atoms. The third kappa shape index (κ3) is 3.69. The quantitative estimate of drug-likeness (QED) is 0.926. The van der Waals surface area contributed by atoms with Gasteiger partial charge < -0.3 is 10.5 Å². The molecular formula is C15H17ClN2O. The molecule has 1 heterocycles. The molecule has 0 fully saturated rings. The van der Waals surface area contributed by atoms with E-state index >= 15 is 0 Å². The first kappa shape index (κ1) is 13.8. The number of ether oxygens (including phenoxy) is 1. The van der Waals surface area contributed by atoms with Crippen molar-refractivity contribution in [2.75, 3.05) is 0 Å². The zero-order valence-corrected chi connectivity index (χ0v) is 11.8. The van der Waals surface area contributed by atoms with Crippen molar-refractivity contribution in [2.24, 2.45) is 5.73 Å². The summed E-state index contributed by atoms with van der Waals surface area (Å²) in [6.45, 7) is 3.87. The highest BCUT2D eigenvalue weighted by atomic mass is 35.5. The van der Waals surface area contributed by atoms with Crippen LogP contribution in [0.5, 0.6) is 11.5 Å². The monoisotopic (exact) mass is 276 g/mol. The number of nitrogens with two attached hydrogens (primary N) is 1. The Kier molecular flexibility index (Phi) is 4.40. The molecular weight excluding hydrogens is 260 g/mol.